The summed E-state index contributed by atoms with van der Waals surface area (Å²) in [5, 5.41) is 9.10. The fraction of sp³-hybridized carbons (Fsp3) is 0. The van der Waals surface area contributed by atoms with Gasteiger partial charge in [0.05, 0.1) is 9.50 Å². The molecular formula is C6H3BrClFO. The van der Waals surface area contributed by atoms with Crippen LogP contribution >= 0.6 is 27.5 Å². The van der Waals surface area contributed by atoms with Gasteiger partial charge in [0.15, 0.2) is 5.75 Å². The number of benzene rings is 1. The first-order valence-corrected chi connectivity index (χ1v) is 3.62. The summed E-state index contributed by atoms with van der Waals surface area (Å²) in [6.07, 6.45) is 0. The molecule has 0 bridgehead atoms. The smallest absolute Gasteiger partial charge is 0.151 e. The molecule has 54 valence electrons. The van der Waals surface area contributed by atoms with Crippen molar-refractivity contribution >= 4 is 27.5 Å². The molecule has 0 radical (unpaired) electrons. The van der Waals surface area contributed by atoms with E-state index in [0.29, 0.717) is 0 Å². The quantitative estimate of drug-likeness (QED) is 0.673. The van der Waals surface area contributed by atoms with Crippen LogP contribution in [0.1, 0.15) is 0 Å². The van der Waals surface area contributed by atoms with E-state index >= 15 is 0 Å². The monoisotopic (exact) mass is 224 g/mol. The Hall–Kier alpha value is -0.280. The highest BCUT2D eigenvalue weighted by atomic mass is 79.9. The van der Waals surface area contributed by atoms with E-state index in [2.05, 4.69) is 15.9 Å². The third-order valence-electron chi connectivity index (χ3n) is 1.02. The van der Waals surface area contributed by atoms with Gasteiger partial charge >= 0.3 is 0 Å². The molecule has 1 N–H and O–H groups in total. The van der Waals surface area contributed by atoms with E-state index in [1.165, 1.54) is 12.1 Å². The van der Waals surface area contributed by atoms with E-state index in [1.54, 1.807) is 0 Å². The molecule has 0 aliphatic heterocycles. The zero-order valence-electron chi connectivity index (χ0n) is 4.74. The SMILES string of the molecule is Oc1c(Cl)ccc(F)c1Br. The average molecular weight is 225 g/mol. The Morgan fingerprint density at radius 1 is 1.50 bits per heavy atom. The lowest BCUT2D eigenvalue weighted by molar-refractivity contribution is 0.464. The molecule has 10 heavy (non-hydrogen) atoms. The van der Waals surface area contributed by atoms with Crippen molar-refractivity contribution in [3.05, 3.63) is 27.4 Å². The molecule has 0 aliphatic carbocycles. The molecule has 1 aromatic carbocycles. The zero-order chi connectivity index (χ0) is 7.72. The van der Waals surface area contributed by atoms with E-state index in [4.69, 9.17) is 16.7 Å². The van der Waals surface area contributed by atoms with Crippen molar-refractivity contribution in [3.63, 3.8) is 0 Å². The first-order valence-electron chi connectivity index (χ1n) is 2.45. The molecule has 0 aromatic heterocycles. The third-order valence-corrected chi connectivity index (χ3v) is 2.08. The van der Waals surface area contributed by atoms with Crippen molar-refractivity contribution in [2.45, 2.75) is 0 Å². The predicted octanol–water partition coefficient (Wildman–Crippen LogP) is 2.95. The highest BCUT2D eigenvalue weighted by molar-refractivity contribution is 9.10. The number of phenols is 1. The van der Waals surface area contributed by atoms with Gasteiger partial charge in [-0.15, -0.1) is 0 Å². The molecule has 0 spiro atoms. The highest BCUT2D eigenvalue weighted by Crippen LogP contribution is 2.33. The summed E-state index contributed by atoms with van der Waals surface area (Å²) < 4.78 is 12.5. The van der Waals surface area contributed by atoms with Crippen LogP contribution in [0, 0.1) is 5.82 Å². The Labute approximate surface area is 70.6 Å². The summed E-state index contributed by atoms with van der Waals surface area (Å²) in [6, 6.07) is 2.46. The van der Waals surface area contributed by atoms with Crippen LogP contribution in [0.15, 0.2) is 16.6 Å². The molecule has 0 heterocycles. The van der Waals surface area contributed by atoms with Gasteiger partial charge in [-0.25, -0.2) is 4.39 Å². The van der Waals surface area contributed by atoms with Crippen LogP contribution in [0.25, 0.3) is 0 Å². The molecular weight excluding hydrogens is 222 g/mol. The van der Waals surface area contributed by atoms with Gasteiger partial charge < -0.3 is 5.11 Å². The molecule has 0 atom stereocenters. The normalized spacial score (nSPS) is 9.90. The molecule has 0 amide bonds. The van der Waals surface area contributed by atoms with Crippen molar-refractivity contribution in [3.8, 4) is 5.75 Å². The fourth-order valence-corrected chi connectivity index (χ4v) is 1.13. The first-order chi connectivity index (χ1) is 4.63. The van der Waals surface area contributed by atoms with Crippen LogP contribution in [-0.2, 0) is 0 Å². The summed E-state index contributed by atoms with van der Waals surface area (Å²) in [7, 11) is 0. The van der Waals surface area contributed by atoms with Gasteiger partial charge in [-0.2, -0.15) is 0 Å². The summed E-state index contributed by atoms with van der Waals surface area (Å²) in [5.74, 6) is -0.788. The van der Waals surface area contributed by atoms with Gasteiger partial charge in [0.2, 0.25) is 0 Å². The lowest BCUT2D eigenvalue weighted by Gasteiger charge is -1.98. The minimum Gasteiger partial charge on any atom is -0.505 e. The van der Waals surface area contributed by atoms with Crippen molar-refractivity contribution in [2.75, 3.05) is 0 Å². The standard InChI is InChI=1S/C6H3BrClFO/c7-5-4(9)2-1-3(8)6(5)10/h1-2,10H. The lowest BCUT2D eigenvalue weighted by Crippen LogP contribution is -1.77. The van der Waals surface area contributed by atoms with Gasteiger partial charge in [-0.3, -0.25) is 0 Å². The van der Waals surface area contributed by atoms with Crippen molar-refractivity contribution in [2.24, 2.45) is 0 Å². The molecule has 0 unspecified atom stereocenters. The number of phenolic OH excluding ortho intramolecular Hbond substituents is 1. The Morgan fingerprint density at radius 3 is 2.60 bits per heavy atom. The second kappa shape index (κ2) is 2.76. The number of hydrogen-bond donors (Lipinski definition) is 1. The van der Waals surface area contributed by atoms with Gasteiger partial charge in [-0.1, -0.05) is 11.6 Å². The van der Waals surface area contributed by atoms with Crippen LogP contribution in [0.2, 0.25) is 5.02 Å². The third kappa shape index (κ3) is 1.25. The Balaban J connectivity index is 3.34. The van der Waals surface area contributed by atoms with E-state index in [-0.39, 0.29) is 15.2 Å². The average Bonchev–Trinajstić information content (AvgIpc) is 1.93. The molecule has 0 saturated heterocycles. The van der Waals surface area contributed by atoms with Gasteiger partial charge in [-0.05, 0) is 28.1 Å². The van der Waals surface area contributed by atoms with Crippen LogP contribution in [-0.4, -0.2) is 5.11 Å². The molecule has 0 aliphatic rings. The summed E-state index contributed by atoms with van der Waals surface area (Å²) in [4.78, 5) is 0. The highest BCUT2D eigenvalue weighted by Gasteiger charge is 2.07. The Kier molecular flexibility index (Phi) is 2.16. The van der Waals surface area contributed by atoms with E-state index in [0.717, 1.165) is 0 Å². The van der Waals surface area contributed by atoms with Crippen LogP contribution < -0.4 is 0 Å². The minimum absolute atomic E-state index is 0.000000000000000222. The zero-order valence-corrected chi connectivity index (χ0v) is 7.08. The number of rotatable bonds is 0. The van der Waals surface area contributed by atoms with Crippen molar-refractivity contribution < 1.29 is 9.50 Å². The molecule has 0 saturated carbocycles. The minimum atomic E-state index is -0.526. The maximum absolute atomic E-state index is 12.5. The van der Waals surface area contributed by atoms with Gasteiger partial charge in [0.25, 0.3) is 0 Å². The second-order valence-corrected chi connectivity index (χ2v) is 2.89. The maximum Gasteiger partial charge on any atom is 0.151 e. The predicted molar refractivity (Wildman–Crippen MR) is 40.8 cm³/mol. The molecule has 1 aromatic rings. The van der Waals surface area contributed by atoms with Crippen molar-refractivity contribution in [1.29, 1.82) is 0 Å². The van der Waals surface area contributed by atoms with Gasteiger partial charge in [0, 0.05) is 0 Å². The summed E-state index contributed by atoms with van der Waals surface area (Å²) in [6.45, 7) is 0. The topological polar surface area (TPSA) is 20.2 Å². The number of aromatic hydroxyl groups is 1. The maximum atomic E-state index is 12.5. The van der Waals surface area contributed by atoms with Crippen molar-refractivity contribution in [1.82, 2.24) is 0 Å². The lowest BCUT2D eigenvalue weighted by atomic mass is 10.3. The Morgan fingerprint density at radius 2 is 2.10 bits per heavy atom. The summed E-state index contributed by atoms with van der Waals surface area (Å²) >= 11 is 8.26. The number of halogens is 3. The Bertz CT molecular complexity index is 237. The van der Waals surface area contributed by atoms with E-state index < -0.39 is 5.82 Å². The largest absolute Gasteiger partial charge is 0.505 e. The fourth-order valence-electron chi connectivity index (χ4n) is 0.516. The van der Waals surface area contributed by atoms with Gasteiger partial charge in [0.1, 0.15) is 5.82 Å². The molecule has 1 nitrogen and oxygen atoms in total. The van der Waals surface area contributed by atoms with Crippen LogP contribution in [0.3, 0.4) is 0 Å². The summed E-state index contributed by atoms with van der Waals surface area (Å²) in [5.41, 5.74) is 0. The number of hydrogen-bond acceptors (Lipinski definition) is 1. The van der Waals surface area contributed by atoms with E-state index in [9.17, 15) is 4.39 Å². The molecule has 1 rings (SSSR count). The first kappa shape index (κ1) is 7.82. The molecule has 0 fully saturated rings. The second-order valence-electron chi connectivity index (χ2n) is 1.69. The molecule has 4 heteroatoms. The van der Waals surface area contributed by atoms with Crippen LogP contribution in [0.5, 0.6) is 5.75 Å². The van der Waals surface area contributed by atoms with Crippen LogP contribution in [0.4, 0.5) is 4.39 Å². The van der Waals surface area contributed by atoms with E-state index in [1.807, 2.05) is 0 Å².